The fourth-order valence-corrected chi connectivity index (χ4v) is 6.61. The predicted molar refractivity (Wildman–Crippen MR) is 151 cm³/mol. The van der Waals surface area contributed by atoms with Crippen LogP contribution in [0.15, 0.2) is 109 Å². The monoisotopic (exact) mass is 460 g/mol. The normalized spacial score (nSPS) is 14.1. The number of hydrogen-bond acceptors (Lipinski definition) is 1. The van der Waals surface area contributed by atoms with Crippen LogP contribution in [-0.4, -0.2) is 9.55 Å². The molecule has 0 fully saturated rings. The zero-order valence-corrected chi connectivity index (χ0v) is 20.3. The highest BCUT2D eigenvalue weighted by Crippen LogP contribution is 2.52. The van der Waals surface area contributed by atoms with Gasteiger partial charge in [-0.3, -0.25) is 4.98 Å². The van der Waals surface area contributed by atoms with Crippen molar-refractivity contribution in [3.63, 3.8) is 0 Å². The van der Waals surface area contributed by atoms with Crippen molar-refractivity contribution in [2.45, 2.75) is 19.3 Å². The van der Waals surface area contributed by atoms with E-state index in [4.69, 9.17) is 4.98 Å². The second-order valence-electron chi connectivity index (χ2n) is 10.4. The first-order valence-electron chi connectivity index (χ1n) is 12.6. The molecule has 1 aliphatic carbocycles. The van der Waals surface area contributed by atoms with Crippen molar-refractivity contribution in [3.05, 3.63) is 121 Å². The number of benzene rings is 5. The van der Waals surface area contributed by atoms with Crippen molar-refractivity contribution in [2.24, 2.45) is 0 Å². The van der Waals surface area contributed by atoms with E-state index < -0.39 is 0 Å². The molecule has 1 aliphatic rings. The van der Waals surface area contributed by atoms with E-state index in [-0.39, 0.29) is 5.41 Å². The zero-order valence-electron chi connectivity index (χ0n) is 20.3. The highest BCUT2D eigenvalue weighted by atomic mass is 15.0. The number of fused-ring (bicyclic) bond motifs is 11. The van der Waals surface area contributed by atoms with Gasteiger partial charge in [-0.2, -0.15) is 0 Å². The fraction of sp³-hybridized carbons (Fsp3) is 0.0882. The second-order valence-corrected chi connectivity index (χ2v) is 10.4. The maximum atomic E-state index is 4.87. The number of hydrogen-bond donors (Lipinski definition) is 0. The summed E-state index contributed by atoms with van der Waals surface area (Å²) >= 11 is 0. The van der Waals surface area contributed by atoms with E-state index in [0.717, 1.165) is 5.69 Å². The third-order valence-electron chi connectivity index (χ3n) is 8.17. The zero-order chi connectivity index (χ0) is 24.0. The molecule has 0 saturated heterocycles. The molecule has 36 heavy (non-hydrogen) atoms. The summed E-state index contributed by atoms with van der Waals surface area (Å²) in [6, 6.07) is 37.6. The van der Waals surface area contributed by atoms with Gasteiger partial charge in [0.05, 0.1) is 11.2 Å². The first-order chi connectivity index (χ1) is 17.6. The quantitative estimate of drug-likeness (QED) is 0.224. The lowest BCUT2D eigenvalue weighted by molar-refractivity contribution is 0.623. The van der Waals surface area contributed by atoms with Gasteiger partial charge in [0, 0.05) is 33.9 Å². The first-order valence-corrected chi connectivity index (χ1v) is 12.6. The van der Waals surface area contributed by atoms with Crippen molar-refractivity contribution in [1.82, 2.24) is 9.55 Å². The predicted octanol–water partition coefficient (Wildman–Crippen LogP) is 8.79. The molecule has 170 valence electrons. The van der Waals surface area contributed by atoms with E-state index in [9.17, 15) is 0 Å². The molecule has 7 aromatic rings. The standard InChI is InChI=1S/C34H24N2/c1-34(2)29-15-9-19-35-32(29)31-27-14-7-8-16-30(27)36(33(31)34)21-17-18-26-24-12-4-3-10-22(24)23-11-5-6-13-25(23)28(26)20-21/h3-20H,1-2H3. The highest BCUT2D eigenvalue weighted by Gasteiger charge is 2.41. The van der Waals surface area contributed by atoms with Crippen LogP contribution in [0.25, 0.3) is 60.2 Å². The summed E-state index contributed by atoms with van der Waals surface area (Å²) in [6.07, 6.45) is 1.92. The van der Waals surface area contributed by atoms with Gasteiger partial charge in [-0.25, -0.2) is 0 Å². The highest BCUT2D eigenvalue weighted by molar-refractivity contribution is 6.25. The maximum absolute atomic E-state index is 4.87. The number of aromatic nitrogens is 2. The number of para-hydroxylation sites is 1. The van der Waals surface area contributed by atoms with Crippen LogP contribution in [0.2, 0.25) is 0 Å². The molecule has 0 spiro atoms. The summed E-state index contributed by atoms with van der Waals surface area (Å²) in [5.41, 5.74) is 7.28. The Kier molecular flexibility index (Phi) is 3.76. The van der Waals surface area contributed by atoms with Crippen LogP contribution in [-0.2, 0) is 5.41 Å². The number of nitrogens with zero attached hydrogens (tertiary/aromatic N) is 2. The van der Waals surface area contributed by atoms with E-state index in [1.165, 1.54) is 65.7 Å². The molecule has 2 heterocycles. The summed E-state index contributed by atoms with van der Waals surface area (Å²) in [5.74, 6) is 0. The van der Waals surface area contributed by atoms with E-state index in [2.05, 4.69) is 122 Å². The van der Waals surface area contributed by atoms with Crippen molar-refractivity contribution < 1.29 is 0 Å². The number of rotatable bonds is 1. The Labute approximate surface area is 209 Å². The molecule has 2 aromatic heterocycles. The minimum Gasteiger partial charge on any atom is -0.312 e. The van der Waals surface area contributed by atoms with E-state index in [1.54, 1.807) is 0 Å². The lowest BCUT2D eigenvalue weighted by Gasteiger charge is -2.24. The van der Waals surface area contributed by atoms with Crippen LogP contribution >= 0.6 is 0 Å². The Morgan fingerprint density at radius 2 is 1.17 bits per heavy atom. The first kappa shape index (κ1) is 19.8. The van der Waals surface area contributed by atoms with Gasteiger partial charge < -0.3 is 4.57 Å². The van der Waals surface area contributed by atoms with Gasteiger partial charge in [-0.15, -0.1) is 0 Å². The molecule has 0 amide bonds. The maximum Gasteiger partial charge on any atom is 0.0768 e. The summed E-state index contributed by atoms with van der Waals surface area (Å²) < 4.78 is 2.48. The SMILES string of the molecule is CC1(C)c2cccnc2-c2c1n(-c1ccc3c4ccccc4c4ccccc4c3c1)c1ccccc21. The summed E-state index contributed by atoms with van der Waals surface area (Å²) in [6.45, 7) is 4.66. The Morgan fingerprint density at radius 3 is 1.86 bits per heavy atom. The number of pyridine rings is 1. The van der Waals surface area contributed by atoms with Crippen LogP contribution in [0.5, 0.6) is 0 Å². The lowest BCUT2D eigenvalue weighted by Crippen LogP contribution is -2.19. The van der Waals surface area contributed by atoms with Crippen LogP contribution in [0.4, 0.5) is 0 Å². The lowest BCUT2D eigenvalue weighted by atomic mass is 9.86. The minimum absolute atomic E-state index is 0.154. The molecule has 0 atom stereocenters. The van der Waals surface area contributed by atoms with E-state index >= 15 is 0 Å². The molecule has 0 aliphatic heterocycles. The smallest absolute Gasteiger partial charge is 0.0768 e. The van der Waals surface area contributed by atoms with Crippen molar-refractivity contribution in [2.75, 3.05) is 0 Å². The molecule has 0 bridgehead atoms. The van der Waals surface area contributed by atoms with Gasteiger partial charge in [-0.1, -0.05) is 92.7 Å². The molecule has 5 aromatic carbocycles. The molecule has 8 rings (SSSR count). The third-order valence-corrected chi connectivity index (χ3v) is 8.17. The Morgan fingerprint density at radius 1 is 0.583 bits per heavy atom. The molecular weight excluding hydrogens is 436 g/mol. The van der Waals surface area contributed by atoms with Gasteiger partial charge in [-0.05, 0) is 62.1 Å². The average Bonchev–Trinajstić information content (AvgIpc) is 3.40. The summed E-state index contributed by atoms with van der Waals surface area (Å²) in [5, 5.41) is 9.06. The summed E-state index contributed by atoms with van der Waals surface area (Å²) in [7, 11) is 0. The third kappa shape index (κ3) is 2.39. The largest absolute Gasteiger partial charge is 0.312 e. The summed E-state index contributed by atoms with van der Waals surface area (Å²) in [4.78, 5) is 4.87. The van der Waals surface area contributed by atoms with Crippen molar-refractivity contribution in [3.8, 4) is 16.9 Å². The molecule has 0 N–H and O–H groups in total. The molecule has 0 radical (unpaired) electrons. The van der Waals surface area contributed by atoms with Crippen molar-refractivity contribution >= 4 is 43.2 Å². The topological polar surface area (TPSA) is 17.8 Å². The van der Waals surface area contributed by atoms with Gasteiger partial charge in [0.1, 0.15) is 0 Å². The molecule has 0 saturated carbocycles. The van der Waals surface area contributed by atoms with Gasteiger partial charge >= 0.3 is 0 Å². The second kappa shape index (κ2) is 6.83. The van der Waals surface area contributed by atoms with E-state index in [1.807, 2.05) is 6.20 Å². The van der Waals surface area contributed by atoms with Crippen LogP contribution < -0.4 is 0 Å². The van der Waals surface area contributed by atoms with E-state index in [0.29, 0.717) is 0 Å². The van der Waals surface area contributed by atoms with Gasteiger partial charge in [0.15, 0.2) is 0 Å². The Balaban J connectivity index is 1.53. The van der Waals surface area contributed by atoms with Gasteiger partial charge in [0.25, 0.3) is 0 Å². The van der Waals surface area contributed by atoms with Crippen molar-refractivity contribution in [1.29, 1.82) is 0 Å². The van der Waals surface area contributed by atoms with Crippen LogP contribution in [0.1, 0.15) is 25.1 Å². The van der Waals surface area contributed by atoms with Gasteiger partial charge in [0.2, 0.25) is 0 Å². The fourth-order valence-electron chi connectivity index (χ4n) is 6.61. The average molecular weight is 461 g/mol. The Hall–Kier alpha value is -4.43. The molecule has 2 heteroatoms. The minimum atomic E-state index is -0.154. The Bertz CT molecular complexity index is 1990. The molecule has 0 unspecified atom stereocenters. The van der Waals surface area contributed by atoms with Crippen LogP contribution in [0.3, 0.4) is 0 Å². The molecular formula is C34H24N2. The molecule has 2 nitrogen and oxygen atoms in total. The van der Waals surface area contributed by atoms with Crippen LogP contribution in [0, 0.1) is 0 Å².